The standard InChI is InChI=1S/C27H25NO/c1-19(24-12-11-22-5-3-4-6-25(22)18-24)15-27(29)17-21-7-9-23(10-8-21)26-13-14-28-20(2)16-26/h3-14,16,18-19H,15,17H2,1-2H3/t19-/m0/s1. The molecule has 0 N–H and O–H groups in total. The molecule has 0 aliphatic heterocycles. The van der Waals surface area contributed by atoms with Gasteiger partial charge in [-0.25, -0.2) is 0 Å². The molecule has 1 heterocycles. The van der Waals surface area contributed by atoms with Crippen molar-refractivity contribution in [3.8, 4) is 11.1 Å². The van der Waals surface area contributed by atoms with E-state index in [1.54, 1.807) is 0 Å². The van der Waals surface area contributed by atoms with E-state index >= 15 is 0 Å². The van der Waals surface area contributed by atoms with Crippen LogP contribution in [-0.4, -0.2) is 10.8 Å². The van der Waals surface area contributed by atoms with E-state index in [2.05, 4.69) is 84.7 Å². The van der Waals surface area contributed by atoms with Crippen LogP contribution in [0.4, 0.5) is 0 Å². The Balaban J connectivity index is 1.41. The van der Waals surface area contributed by atoms with Crippen molar-refractivity contribution in [2.45, 2.75) is 32.6 Å². The lowest BCUT2D eigenvalue weighted by molar-refractivity contribution is -0.118. The number of benzene rings is 3. The number of fused-ring (bicyclic) bond motifs is 1. The van der Waals surface area contributed by atoms with Crippen LogP contribution in [0.15, 0.2) is 85.1 Å². The second-order valence-electron chi connectivity index (χ2n) is 7.81. The highest BCUT2D eigenvalue weighted by atomic mass is 16.1. The summed E-state index contributed by atoms with van der Waals surface area (Å²) in [5.41, 5.74) is 5.59. The minimum Gasteiger partial charge on any atom is -0.299 e. The molecule has 0 aliphatic rings. The largest absolute Gasteiger partial charge is 0.299 e. The third kappa shape index (κ3) is 4.60. The summed E-state index contributed by atoms with van der Waals surface area (Å²) in [4.78, 5) is 16.9. The Kier molecular flexibility index (Phi) is 5.53. The van der Waals surface area contributed by atoms with Crippen molar-refractivity contribution in [1.82, 2.24) is 4.98 Å². The van der Waals surface area contributed by atoms with Crippen molar-refractivity contribution in [3.05, 3.63) is 102 Å². The number of hydrogen-bond acceptors (Lipinski definition) is 2. The molecule has 0 amide bonds. The topological polar surface area (TPSA) is 30.0 Å². The Morgan fingerprint density at radius 1 is 0.862 bits per heavy atom. The number of nitrogens with zero attached hydrogens (tertiary/aromatic N) is 1. The highest BCUT2D eigenvalue weighted by Gasteiger charge is 2.13. The normalized spacial score (nSPS) is 12.1. The number of carbonyl (C=O) groups excluding carboxylic acids is 1. The fourth-order valence-corrected chi connectivity index (χ4v) is 3.81. The van der Waals surface area contributed by atoms with Crippen LogP contribution in [0.25, 0.3) is 21.9 Å². The minimum absolute atomic E-state index is 0.214. The van der Waals surface area contributed by atoms with E-state index in [-0.39, 0.29) is 11.7 Å². The van der Waals surface area contributed by atoms with Crippen molar-refractivity contribution in [2.75, 3.05) is 0 Å². The highest BCUT2D eigenvalue weighted by molar-refractivity contribution is 5.84. The minimum atomic E-state index is 0.214. The second kappa shape index (κ2) is 8.40. The van der Waals surface area contributed by atoms with Gasteiger partial charge in [0.05, 0.1) is 0 Å². The third-order valence-corrected chi connectivity index (χ3v) is 5.46. The summed E-state index contributed by atoms with van der Waals surface area (Å²) >= 11 is 0. The predicted octanol–water partition coefficient (Wildman–Crippen LogP) is 6.52. The van der Waals surface area contributed by atoms with Crippen molar-refractivity contribution in [2.24, 2.45) is 0 Å². The fourth-order valence-electron chi connectivity index (χ4n) is 3.81. The molecule has 29 heavy (non-hydrogen) atoms. The first-order chi connectivity index (χ1) is 14.1. The van der Waals surface area contributed by atoms with E-state index < -0.39 is 0 Å². The first kappa shape index (κ1) is 19.1. The lowest BCUT2D eigenvalue weighted by Gasteiger charge is -2.12. The fraction of sp³-hybridized carbons (Fsp3) is 0.185. The summed E-state index contributed by atoms with van der Waals surface area (Å²) < 4.78 is 0. The maximum Gasteiger partial charge on any atom is 0.137 e. The predicted molar refractivity (Wildman–Crippen MR) is 120 cm³/mol. The van der Waals surface area contributed by atoms with Gasteiger partial charge in [0.15, 0.2) is 0 Å². The number of aromatic nitrogens is 1. The summed E-state index contributed by atoms with van der Waals surface area (Å²) in [6.45, 7) is 4.13. The van der Waals surface area contributed by atoms with Gasteiger partial charge in [0, 0.05) is 24.7 Å². The molecule has 4 rings (SSSR count). The summed E-state index contributed by atoms with van der Waals surface area (Å²) in [6.07, 6.45) is 2.87. The van der Waals surface area contributed by atoms with E-state index in [1.807, 2.05) is 19.2 Å². The quantitative estimate of drug-likeness (QED) is 0.382. The number of Topliss-reactive ketones (excluding diaryl/α,β-unsaturated/α-hetero) is 1. The average Bonchev–Trinajstić information content (AvgIpc) is 2.74. The van der Waals surface area contributed by atoms with Gasteiger partial charge < -0.3 is 0 Å². The van der Waals surface area contributed by atoms with Crippen molar-refractivity contribution in [3.63, 3.8) is 0 Å². The molecule has 0 radical (unpaired) electrons. The van der Waals surface area contributed by atoms with Gasteiger partial charge in [0.25, 0.3) is 0 Å². The SMILES string of the molecule is Cc1cc(-c2ccc(CC(=O)C[C@H](C)c3ccc4ccccc4c3)cc2)ccn1. The average molecular weight is 380 g/mol. The van der Waals surface area contributed by atoms with Gasteiger partial charge in [0.2, 0.25) is 0 Å². The van der Waals surface area contributed by atoms with E-state index in [0.29, 0.717) is 12.8 Å². The molecule has 0 saturated carbocycles. The van der Waals surface area contributed by atoms with Gasteiger partial charge in [-0.2, -0.15) is 0 Å². The maximum atomic E-state index is 12.7. The molecule has 0 spiro atoms. The molecular formula is C27H25NO. The molecule has 3 aromatic carbocycles. The number of rotatable bonds is 6. The smallest absolute Gasteiger partial charge is 0.137 e. The van der Waals surface area contributed by atoms with E-state index in [9.17, 15) is 4.79 Å². The van der Waals surface area contributed by atoms with Crippen LogP contribution in [-0.2, 0) is 11.2 Å². The van der Waals surface area contributed by atoms with Gasteiger partial charge in [-0.3, -0.25) is 9.78 Å². The number of hydrogen-bond donors (Lipinski definition) is 0. The monoisotopic (exact) mass is 379 g/mol. The molecule has 2 heteroatoms. The number of ketones is 1. The second-order valence-corrected chi connectivity index (χ2v) is 7.81. The molecule has 4 aromatic rings. The molecule has 1 atom stereocenters. The lowest BCUT2D eigenvalue weighted by Crippen LogP contribution is -2.07. The molecule has 0 unspecified atom stereocenters. The summed E-state index contributed by atoms with van der Waals surface area (Å²) in [6, 6.07) is 27.2. The Hall–Kier alpha value is -3.26. The molecule has 1 aromatic heterocycles. The van der Waals surface area contributed by atoms with E-state index in [1.165, 1.54) is 16.3 Å². The van der Waals surface area contributed by atoms with Gasteiger partial charge >= 0.3 is 0 Å². The van der Waals surface area contributed by atoms with Crippen molar-refractivity contribution in [1.29, 1.82) is 0 Å². The van der Waals surface area contributed by atoms with Crippen molar-refractivity contribution < 1.29 is 4.79 Å². The summed E-state index contributed by atoms with van der Waals surface area (Å²) in [5, 5.41) is 2.46. The van der Waals surface area contributed by atoms with Crippen LogP contribution in [0.1, 0.15) is 36.1 Å². The van der Waals surface area contributed by atoms with Crippen LogP contribution < -0.4 is 0 Å². The summed E-state index contributed by atoms with van der Waals surface area (Å²) in [7, 11) is 0. The van der Waals surface area contributed by atoms with Gasteiger partial charge in [-0.05, 0) is 58.0 Å². The Morgan fingerprint density at radius 2 is 1.62 bits per heavy atom. The first-order valence-corrected chi connectivity index (χ1v) is 10.1. The Morgan fingerprint density at radius 3 is 2.38 bits per heavy atom. The van der Waals surface area contributed by atoms with Crippen LogP contribution >= 0.6 is 0 Å². The van der Waals surface area contributed by atoms with E-state index in [4.69, 9.17) is 0 Å². The van der Waals surface area contributed by atoms with Crippen LogP contribution in [0.2, 0.25) is 0 Å². The van der Waals surface area contributed by atoms with Crippen LogP contribution in [0.3, 0.4) is 0 Å². The Labute approximate surface area is 172 Å². The molecule has 2 nitrogen and oxygen atoms in total. The van der Waals surface area contributed by atoms with Crippen LogP contribution in [0.5, 0.6) is 0 Å². The van der Waals surface area contributed by atoms with Crippen LogP contribution in [0, 0.1) is 6.92 Å². The lowest BCUT2D eigenvalue weighted by atomic mass is 9.91. The Bertz CT molecular complexity index is 1140. The number of aryl methyl sites for hydroxylation is 1. The van der Waals surface area contributed by atoms with Gasteiger partial charge in [-0.1, -0.05) is 73.7 Å². The van der Waals surface area contributed by atoms with Gasteiger partial charge in [0.1, 0.15) is 5.78 Å². The molecular weight excluding hydrogens is 354 g/mol. The molecule has 0 bridgehead atoms. The maximum absolute atomic E-state index is 12.7. The molecule has 0 saturated heterocycles. The summed E-state index contributed by atoms with van der Waals surface area (Å²) in [5.74, 6) is 0.490. The zero-order valence-corrected chi connectivity index (χ0v) is 16.9. The zero-order valence-electron chi connectivity index (χ0n) is 16.9. The molecule has 0 aliphatic carbocycles. The van der Waals surface area contributed by atoms with Crippen molar-refractivity contribution >= 4 is 16.6 Å². The highest BCUT2D eigenvalue weighted by Crippen LogP contribution is 2.25. The van der Waals surface area contributed by atoms with E-state index in [0.717, 1.165) is 22.4 Å². The number of carbonyl (C=O) groups is 1. The number of pyridine rings is 1. The molecule has 144 valence electrons. The third-order valence-electron chi connectivity index (χ3n) is 5.46. The zero-order chi connectivity index (χ0) is 20.2. The molecule has 0 fully saturated rings. The first-order valence-electron chi connectivity index (χ1n) is 10.1. The van der Waals surface area contributed by atoms with Gasteiger partial charge in [-0.15, -0.1) is 0 Å².